The smallest absolute Gasteiger partial charge is 0.352 e. The number of H-pyrrole nitrogens is 1. The second-order valence-electron chi connectivity index (χ2n) is 6.10. The predicted octanol–water partition coefficient (Wildman–Crippen LogP) is 3.08. The Morgan fingerprint density at radius 2 is 1.92 bits per heavy atom. The maximum absolute atomic E-state index is 12.3. The minimum atomic E-state index is -1.06. The number of nitrogens with one attached hydrogen (secondary N) is 2. The van der Waals surface area contributed by atoms with Crippen LogP contribution in [-0.4, -0.2) is 28.5 Å². The number of aromatic nitrogens is 1. The third-order valence-electron chi connectivity index (χ3n) is 4.18. The second kappa shape index (κ2) is 7.21. The average Bonchev–Trinajstić information content (AvgIpc) is 2.94. The van der Waals surface area contributed by atoms with Gasteiger partial charge in [-0.3, -0.25) is 4.79 Å². The zero-order chi connectivity index (χ0) is 17.8. The van der Waals surface area contributed by atoms with E-state index in [4.69, 9.17) is 0 Å². The fourth-order valence-electron chi connectivity index (χ4n) is 3.00. The van der Waals surface area contributed by atoms with Gasteiger partial charge in [0.15, 0.2) is 0 Å². The van der Waals surface area contributed by atoms with Gasteiger partial charge in [0.2, 0.25) is 5.91 Å². The highest BCUT2D eigenvalue weighted by atomic mass is 16.4. The van der Waals surface area contributed by atoms with E-state index in [2.05, 4.69) is 16.4 Å². The standard InChI is InChI=1S/C20H20N2O3/c1-13-5-4-6-14(11-13)9-10-21-18(23)12-16-15-7-2-3-8-17(15)22-19(16)20(24)25/h2-8,11,22H,9-10,12H2,1H3,(H,21,23)(H,24,25). The van der Waals surface area contributed by atoms with Gasteiger partial charge >= 0.3 is 5.97 Å². The number of amides is 1. The van der Waals surface area contributed by atoms with E-state index in [-0.39, 0.29) is 18.0 Å². The van der Waals surface area contributed by atoms with Crippen LogP contribution in [0.2, 0.25) is 0 Å². The Kier molecular flexibility index (Phi) is 4.84. The summed E-state index contributed by atoms with van der Waals surface area (Å²) in [4.78, 5) is 26.6. The van der Waals surface area contributed by atoms with Gasteiger partial charge in [0, 0.05) is 23.0 Å². The molecule has 0 saturated carbocycles. The number of para-hydroxylation sites is 1. The monoisotopic (exact) mass is 336 g/mol. The molecule has 0 fully saturated rings. The highest BCUT2D eigenvalue weighted by Crippen LogP contribution is 2.23. The molecule has 128 valence electrons. The van der Waals surface area contributed by atoms with Crippen molar-refractivity contribution in [3.05, 3.63) is 70.9 Å². The first kappa shape index (κ1) is 16.8. The number of hydrogen-bond acceptors (Lipinski definition) is 2. The van der Waals surface area contributed by atoms with Crippen molar-refractivity contribution in [1.82, 2.24) is 10.3 Å². The number of carbonyl (C=O) groups excluding carboxylic acids is 1. The van der Waals surface area contributed by atoms with Crippen LogP contribution in [0, 0.1) is 6.92 Å². The van der Waals surface area contributed by atoms with Gasteiger partial charge in [-0.1, -0.05) is 48.0 Å². The van der Waals surface area contributed by atoms with Crippen LogP contribution in [0.4, 0.5) is 0 Å². The van der Waals surface area contributed by atoms with Gasteiger partial charge in [0.05, 0.1) is 6.42 Å². The summed E-state index contributed by atoms with van der Waals surface area (Å²) in [7, 11) is 0. The molecule has 1 amide bonds. The first-order chi connectivity index (χ1) is 12.0. The lowest BCUT2D eigenvalue weighted by Gasteiger charge is -2.06. The molecule has 0 bridgehead atoms. The van der Waals surface area contributed by atoms with Crippen molar-refractivity contribution in [1.29, 1.82) is 0 Å². The highest BCUT2D eigenvalue weighted by molar-refractivity contribution is 5.99. The van der Waals surface area contributed by atoms with Crippen LogP contribution in [0.5, 0.6) is 0 Å². The van der Waals surface area contributed by atoms with Crippen LogP contribution in [0.1, 0.15) is 27.2 Å². The Morgan fingerprint density at radius 3 is 2.68 bits per heavy atom. The molecular formula is C20H20N2O3. The molecule has 0 saturated heterocycles. The molecule has 0 atom stereocenters. The quantitative estimate of drug-likeness (QED) is 0.647. The highest BCUT2D eigenvalue weighted by Gasteiger charge is 2.19. The number of carboxylic acid groups (broad SMARTS) is 1. The topological polar surface area (TPSA) is 82.2 Å². The molecule has 1 heterocycles. The lowest BCUT2D eigenvalue weighted by Crippen LogP contribution is -2.27. The van der Waals surface area contributed by atoms with E-state index in [9.17, 15) is 14.7 Å². The minimum Gasteiger partial charge on any atom is -0.477 e. The van der Waals surface area contributed by atoms with E-state index in [1.807, 2.05) is 43.3 Å². The van der Waals surface area contributed by atoms with Crippen LogP contribution < -0.4 is 5.32 Å². The summed E-state index contributed by atoms with van der Waals surface area (Å²) in [5, 5.41) is 13.0. The molecule has 1 aromatic heterocycles. The number of aromatic amines is 1. The lowest BCUT2D eigenvalue weighted by atomic mass is 10.1. The molecule has 25 heavy (non-hydrogen) atoms. The van der Waals surface area contributed by atoms with E-state index < -0.39 is 5.97 Å². The minimum absolute atomic E-state index is 0.0411. The van der Waals surface area contributed by atoms with Gasteiger partial charge in [-0.2, -0.15) is 0 Å². The summed E-state index contributed by atoms with van der Waals surface area (Å²) in [6.45, 7) is 2.56. The maximum Gasteiger partial charge on any atom is 0.352 e. The maximum atomic E-state index is 12.3. The van der Waals surface area contributed by atoms with Crippen LogP contribution in [0.25, 0.3) is 10.9 Å². The number of fused-ring (bicyclic) bond motifs is 1. The Bertz CT molecular complexity index is 928. The molecule has 0 radical (unpaired) electrons. The molecule has 0 unspecified atom stereocenters. The van der Waals surface area contributed by atoms with Crippen molar-refractivity contribution in [2.24, 2.45) is 0 Å². The SMILES string of the molecule is Cc1cccc(CCNC(=O)Cc2c(C(=O)O)[nH]c3ccccc23)c1. The number of aromatic carboxylic acids is 1. The van der Waals surface area contributed by atoms with E-state index in [1.54, 1.807) is 6.07 Å². The summed E-state index contributed by atoms with van der Waals surface area (Å²) in [5.74, 6) is -1.24. The van der Waals surface area contributed by atoms with Crippen molar-refractivity contribution in [2.75, 3.05) is 6.54 Å². The Labute approximate surface area is 145 Å². The predicted molar refractivity (Wildman–Crippen MR) is 96.9 cm³/mol. The number of benzene rings is 2. The van der Waals surface area contributed by atoms with E-state index in [0.29, 0.717) is 12.1 Å². The molecule has 3 rings (SSSR count). The zero-order valence-electron chi connectivity index (χ0n) is 14.0. The summed E-state index contributed by atoms with van der Waals surface area (Å²) in [6.07, 6.45) is 0.784. The number of rotatable bonds is 6. The van der Waals surface area contributed by atoms with Crippen LogP contribution in [0.3, 0.4) is 0 Å². The first-order valence-electron chi connectivity index (χ1n) is 8.19. The molecule has 0 aliphatic carbocycles. The molecule has 0 spiro atoms. The molecule has 3 aromatic rings. The number of hydrogen-bond donors (Lipinski definition) is 3. The summed E-state index contributed by atoms with van der Waals surface area (Å²) >= 11 is 0. The Balaban J connectivity index is 1.67. The third kappa shape index (κ3) is 3.88. The van der Waals surface area contributed by atoms with Gasteiger partial charge in [0.1, 0.15) is 5.69 Å². The van der Waals surface area contributed by atoms with Gasteiger partial charge in [-0.05, 0) is 25.0 Å². The molecule has 3 N–H and O–H groups in total. The lowest BCUT2D eigenvalue weighted by molar-refractivity contribution is -0.120. The number of carbonyl (C=O) groups is 2. The molecule has 5 nitrogen and oxygen atoms in total. The van der Waals surface area contributed by atoms with Gasteiger partial charge in [-0.25, -0.2) is 4.79 Å². The second-order valence-corrected chi connectivity index (χ2v) is 6.10. The first-order valence-corrected chi connectivity index (χ1v) is 8.19. The van der Waals surface area contributed by atoms with Crippen molar-refractivity contribution in [3.63, 3.8) is 0 Å². The molecule has 0 aliphatic heterocycles. The average molecular weight is 336 g/mol. The van der Waals surface area contributed by atoms with Gasteiger partial charge in [0.25, 0.3) is 0 Å². The van der Waals surface area contributed by atoms with Crippen LogP contribution in [-0.2, 0) is 17.6 Å². The zero-order valence-corrected chi connectivity index (χ0v) is 14.0. The van der Waals surface area contributed by atoms with E-state index in [1.165, 1.54) is 11.1 Å². The Morgan fingerprint density at radius 1 is 1.12 bits per heavy atom. The number of carboxylic acids is 1. The van der Waals surface area contributed by atoms with Crippen molar-refractivity contribution in [2.45, 2.75) is 19.8 Å². The van der Waals surface area contributed by atoms with Gasteiger partial charge < -0.3 is 15.4 Å². The summed E-state index contributed by atoms with van der Waals surface area (Å²) < 4.78 is 0. The van der Waals surface area contributed by atoms with Crippen molar-refractivity contribution < 1.29 is 14.7 Å². The summed E-state index contributed by atoms with van der Waals surface area (Å²) in [6, 6.07) is 15.4. The van der Waals surface area contributed by atoms with Crippen molar-refractivity contribution in [3.8, 4) is 0 Å². The van der Waals surface area contributed by atoms with Gasteiger partial charge in [-0.15, -0.1) is 0 Å². The molecule has 5 heteroatoms. The Hall–Kier alpha value is -3.08. The fourth-order valence-corrected chi connectivity index (χ4v) is 3.00. The van der Waals surface area contributed by atoms with Crippen LogP contribution >= 0.6 is 0 Å². The molecule has 0 aliphatic rings. The fraction of sp³-hybridized carbons (Fsp3) is 0.200. The largest absolute Gasteiger partial charge is 0.477 e. The third-order valence-corrected chi connectivity index (χ3v) is 4.18. The van der Waals surface area contributed by atoms with E-state index >= 15 is 0 Å². The normalized spacial score (nSPS) is 10.8. The molecular weight excluding hydrogens is 316 g/mol. The summed E-state index contributed by atoms with van der Waals surface area (Å²) in [5.41, 5.74) is 3.68. The van der Waals surface area contributed by atoms with E-state index in [0.717, 1.165) is 17.3 Å². The molecule has 2 aromatic carbocycles. The van der Waals surface area contributed by atoms with Crippen molar-refractivity contribution >= 4 is 22.8 Å². The van der Waals surface area contributed by atoms with Crippen LogP contribution in [0.15, 0.2) is 48.5 Å². The number of aryl methyl sites for hydroxylation is 1.